The average Bonchev–Trinajstić information content (AvgIpc) is 2.01. The summed E-state index contributed by atoms with van der Waals surface area (Å²) in [5, 5.41) is 10.3. The van der Waals surface area contributed by atoms with Crippen molar-refractivity contribution < 1.29 is 5.11 Å². The van der Waals surface area contributed by atoms with Crippen molar-refractivity contribution in [2.75, 3.05) is 5.75 Å². The van der Waals surface area contributed by atoms with Gasteiger partial charge in [-0.05, 0) is 33.3 Å². The molecule has 0 saturated heterocycles. The van der Waals surface area contributed by atoms with Gasteiger partial charge in [-0.1, -0.05) is 11.8 Å². The number of aliphatic hydroxyl groups is 1. The zero-order valence-electron chi connectivity index (χ0n) is 8.82. The quantitative estimate of drug-likeness (QED) is 0.613. The van der Waals surface area contributed by atoms with Gasteiger partial charge >= 0.3 is 0 Å². The van der Waals surface area contributed by atoms with Gasteiger partial charge in [-0.3, -0.25) is 0 Å². The van der Waals surface area contributed by atoms with Crippen LogP contribution in [0, 0.1) is 6.92 Å². The maximum Gasteiger partial charge on any atom is 0.187 e. The Hall–Kier alpha value is -0.610. The van der Waals surface area contributed by atoms with Gasteiger partial charge in [0.1, 0.15) is 0 Å². The molecule has 3 nitrogen and oxygen atoms in total. The first-order valence-corrected chi connectivity index (χ1v) is 5.61. The zero-order valence-corrected chi connectivity index (χ0v) is 9.64. The van der Waals surface area contributed by atoms with Gasteiger partial charge in [0.05, 0.1) is 5.60 Å². The maximum atomic E-state index is 9.50. The molecule has 0 amide bonds. The first-order valence-electron chi connectivity index (χ1n) is 4.62. The van der Waals surface area contributed by atoms with E-state index in [0.717, 1.165) is 23.0 Å². The van der Waals surface area contributed by atoms with E-state index in [2.05, 4.69) is 9.97 Å². The molecule has 1 heterocycles. The molecule has 0 saturated carbocycles. The molecule has 0 radical (unpaired) electrons. The molecule has 1 N–H and O–H groups in total. The van der Waals surface area contributed by atoms with Crippen molar-refractivity contribution in [1.82, 2.24) is 9.97 Å². The first-order chi connectivity index (χ1) is 6.47. The van der Waals surface area contributed by atoms with Crippen molar-refractivity contribution >= 4 is 11.8 Å². The molecule has 4 heteroatoms. The van der Waals surface area contributed by atoms with E-state index in [0.29, 0.717) is 0 Å². The summed E-state index contributed by atoms with van der Waals surface area (Å²) in [5.41, 5.74) is 0.377. The highest BCUT2D eigenvalue weighted by atomic mass is 32.2. The lowest BCUT2D eigenvalue weighted by Crippen LogP contribution is -2.19. The van der Waals surface area contributed by atoms with Crippen molar-refractivity contribution in [2.24, 2.45) is 0 Å². The fraction of sp³-hybridized carbons (Fsp3) is 0.600. The summed E-state index contributed by atoms with van der Waals surface area (Å²) in [6.07, 6.45) is 2.50. The zero-order chi connectivity index (χ0) is 10.6. The summed E-state index contributed by atoms with van der Waals surface area (Å²) >= 11 is 1.58. The molecule has 78 valence electrons. The Morgan fingerprint density at radius 1 is 1.50 bits per heavy atom. The Morgan fingerprint density at radius 3 is 2.79 bits per heavy atom. The van der Waals surface area contributed by atoms with Gasteiger partial charge in [0.15, 0.2) is 5.16 Å². The number of rotatable bonds is 4. The number of nitrogens with zero attached hydrogens (tertiary/aromatic N) is 2. The fourth-order valence-corrected chi connectivity index (χ4v) is 2.02. The van der Waals surface area contributed by atoms with Gasteiger partial charge in [-0.2, -0.15) is 0 Å². The number of aromatic nitrogens is 2. The third-order valence-electron chi connectivity index (χ3n) is 1.72. The van der Waals surface area contributed by atoms with Crippen molar-refractivity contribution in [2.45, 2.75) is 37.9 Å². The lowest BCUT2D eigenvalue weighted by molar-refractivity contribution is 0.0777. The van der Waals surface area contributed by atoms with E-state index in [1.165, 1.54) is 0 Å². The second-order valence-corrected chi connectivity index (χ2v) is 4.95. The van der Waals surface area contributed by atoms with Crippen LogP contribution in [0.1, 0.15) is 26.0 Å². The average molecular weight is 212 g/mol. The Balaban J connectivity index is 2.39. The van der Waals surface area contributed by atoms with Crippen molar-refractivity contribution in [3.63, 3.8) is 0 Å². The second kappa shape index (κ2) is 4.75. The number of aryl methyl sites for hydroxylation is 1. The monoisotopic (exact) mass is 212 g/mol. The van der Waals surface area contributed by atoms with Gasteiger partial charge in [-0.25, -0.2) is 9.97 Å². The minimum absolute atomic E-state index is 0.600. The molecular formula is C10H16N2OS. The number of hydrogen-bond acceptors (Lipinski definition) is 4. The Kier molecular flexibility index (Phi) is 3.89. The molecular weight excluding hydrogens is 196 g/mol. The van der Waals surface area contributed by atoms with Crippen LogP contribution in [0.25, 0.3) is 0 Å². The van der Waals surface area contributed by atoms with E-state index >= 15 is 0 Å². The van der Waals surface area contributed by atoms with Crippen LogP contribution >= 0.6 is 11.8 Å². The summed E-state index contributed by atoms with van der Waals surface area (Å²) in [4.78, 5) is 8.39. The molecule has 0 spiro atoms. The van der Waals surface area contributed by atoms with Crippen LogP contribution in [0.3, 0.4) is 0 Å². The van der Waals surface area contributed by atoms with Crippen LogP contribution in [-0.2, 0) is 0 Å². The van der Waals surface area contributed by atoms with Crippen LogP contribution in [-0.4, -0.2) is 26.4 Å². The van der Waals surface area contributed by atoms with E-state index in [4.69, 9.17) is 0 Å². The van der Waals surface area contributed by atoms with E-state index in [1.807, 2.05) is 26.8 Å². The van der Waals surface area contributed by atoms with Crippen LogP contribution in [0.2, 0.25) is 0 Å². The van der Waals surface area contributed by atoms with Gasteiger partial charge < -0.3 is 5.11 Å². The predicted molar refractivity (Wildman–Crippen MR) is 58.4 cm³/mol. The lowest BCUT2D eigenvalue weighted by atomic mass is 10.1. The molecule has 1 aromatic rings. The van der Waals surface area contributed by atoms with E-state index in [1.54, 1.807) is 18.0 Å². The van der Waals surface area contributed by atoms with Crippen LogP contribution in [0.4, 0.5) is 0 Å². The molecule has 1 rings (SSSR count). The summed E-state index contributed by atoms with van der Waals surface area (Å²) in [6, 6.07) is 1.88. The highest BCUT2D eigenvalue weighted by Crippen LogP contribution is 2.18. The smallest absolute Gasteiger partial charge is 0.187 e. The SMILES string of the molecule is Cc1ccnc(SCCC(C)(C)O)n1. The minimum Gasteiger partial charge on any atom is -0.390 e. The highest BCUT2D eigenvalue weighted by Gasteiger charge is 2.12. The van der Waals surface area contributed by atoms with Crippen molar-refractivity contribution in [3.8, 4) is 0 Å². The third kappa shape index (κ3) is 4.58. The Morgan fingerprint density at radius 2 is 2.21 bits per heavy atom. The Bertz CT molecular complexity index is 296. The van der Waals surface area contributed by atoms with Crippen LogP contribution in [0.15, 0.2) is 17.4 Å². The first kappa shape index (κ1) is 11.5. The van der Waals surface area contributed by atoms with Gasteiger partial charge in [0, 0.05) is 17.6 Å². The molecule has 0 aromatic carbocycles. The molecule has 0 atom stereocenters. The lowest BCUT2D eigenvalue weighted by Gasteiger charge is -2.15. The van der Waals surface area contributed by atoms with Crippen LogP contribution < -0.4 is 0 Å². The van der Waals surface area contributed by atoms with Crippen LogP contribution in [0.5, 0.6) is 0 Å². The Labute approximate surface area is 89.0 Å². The van der Waals surface area contributed by atoms with Gasteiger partial charge in [0.2, 0.25) is 0 Å². The standard InChI is InChI=1S/C10H16N2OS/c1-8-4-6-11-9(12-8)14-7-5-10(2,3)13/h4,6,13H,5,7H2,1-3H3. The summed E-state index contributed by atoms with van der Waals surface area (Å²) in [6.45, 7) is 5.57. The third-order valence-corrected chi connectivity index (χ3v) is 2.58. The van der Waals surface area contributed by atoms with Crippen molar-refractivity contribution in [3.05, 3.63) is 18.0 Å². The van der Waals surface area contributed by atoms with Crippen molar-refractivity contribution in [1.29, 1.82) is 0 Å². The highest BCUT2D eigenvalue weighted by molar-refractivity contribution is 7.99. The molecule has 0 aliphatic carbocycles. The van der Waals surface area contributed by atoms with Gasteiger partial charge in [0.25, 0.3) is 0 Å². The minimum atomic E-state index is -0.600. The van der Waals surface area contributed by atoms with Gasteiger partial charge in [-0.15, -0.1) is 0 Å². The molecule has 1 aromatic heterocycles. The number of thioether (sulfide) groups is 1. The summed E-state index contributed by atoms with van der Waals surface area (Å²) in [7, 11) is 0. The summed E-state index contributed by atoms with van der Waals surface area (Å²) in [5.74, 6) is 0.840. The topological polar surface area (TPSA) is 46.0 Å². The molecule has 14 heavy (non-hydrogen) atoms. The van der Waals surface area contributed by atoms with E-state index in [9.17, 15) is 5.11 Å². The molecule has 0 aliphatic rings. The molecule has 0 bridgehead atoms. The largest absolute Gasteiger partial charge is 0.390 e. The normalized spacial score (nSPS) is 11.7. The predicted octanol–water partition coefficient (Wildman–Crippen LogP) is 2.04. The molecule has 0 unspecified atom stereocenters. The summed E-state index contributed by atoms with van der Waals surface area (Å²) < 4.78 is 0. The fourth-order valence-electron chi connectivity index (χ4n) is 0.888. The molecule has 0 fully saturated rings. The second-order valence-electron chi connectivity index (χ2n) is 3.89. The maximum absolute atomic E-state index is 9.50. The molecule has 0 aliphatic heterocycles. The van der Waals surface area contributed by atoms with E-state index < -0.39 is 5.60 Å². The number of hydrogen-bond donors (Lipinski definition) is 1. The van der Waals surface area contributed by atoms with E-state index in [-0.39, 0.29) is 0 Å².